The van der Waals surface area contributed by atoms with Crippen molar-refractivity contribution in [3.05, 3.63) is 65.9 Å². The standard InChI is InChI=1S/C19H20N2O2/c22-16-7-8-17-15(13-21-18(17)12-16)10-11-20-19(23)9-6-14-4-2-1-3-5-14/h1-5,7-8,12-13,21-22H,6,9-11H2,(H,20,23). The molecule has 0 radical (unpaired) electrons. The van der Waals surface area contributed by atoms with Gasteiger partial charge in [-0.2, -0.15) is 0 Å². The van der Waals surface area contributed by atoms with Crippen molar-refractivity contribution >= 4 is 16.8 Å². The van der Waals surface area contributed by atoms with E-state index in [-0.39, 0.29) is 11.7 Å². The van der Waals surface area contributed by atoms with Crippen molar-refractivity contribution in [1.29, 1.82) is 0 Å². The van der Waals surface area contributed by atoms with Crippen molar-refractivity contribution in [3.8, 4) is 5.75 Å². The van der Waals surface area contributed by atoms with Gasteiger partial charge in [-0.3, -0.25) is 4.79 Å². The van der Waals surface area contributed by atoms with Crippen LogP contribution in [0.2, 0.25) is 0 Å². The number of carbonyl (C=O) groups excluding carboxylic acids is 1. The lowest BCUT2D eigenvalue weighted by atomic mass is 10.1. The molecule has 0 aliphatic heterocycles. The first-order valence-corrected chi connectivity index (χ1v) is 7.82. The van der Waals surface area contributed by atoms with Crippen LogP contribution in [-0.2, 0) is 17.6 Å². The minimum Gasteiger partial charge on any atom is -0.508 e. The second kappa shape index (κ2) is 7.01. The summed E-state index contributed by atoms with van der Waals surface area (Å²) in [6.45, 7) is 0.613. The van der Waals surface area contributed by atoms with Crippen LogP contribution < -0.4 is 5.32 Å². The van der Waals surface area contributed by atoms with Gasteiger partial charge in [-0.25, -0.2) is 0 Å². The molecule has 3 rings (SSSR count). The maximum Gasteiger partial charge on any atom is 0.220 e. The highest BCUT2D eigenvalue weighted by atomic mass is 16.3. The fraction of sp³-hybridized carbons (Fsp3) is 0.211. The lowest BCUT2D eigenvalue weighted by molar-refractivity contribution is -0.121. The molecule has 3 N–H and O–H groups in total. The smallest absolute Gasteiger partial charge is 0.220 e. The number of aromatic nitrogens is 1. The van der Waals surface area contributed by atoms with E-state index in [4.69, 9.17) is 0 Å². The van der Waals surface area contributed by atoms with Gasteiger partial charge in [0.15, 0.2) is 0 Å². The molecular formula is C19H20N2O2. The van der Waals surface area contributed by atoms with E-state index >= 15 is 0 Å². The van der Waals surface area contributed by atoms with Crippen LogP contribution in [0, 0.1) is 0 Å². The molecular weight excluding hydrogens is 288 g/mol. The molecule has 1 heterocycles. The van der Waals surface area contributed by atoms with Crippen molar-refractivity contribution in [2.45, 2.75) is 19.3 Å². The number of aromatic hydroxyl groups is 1. The van der Waals surface area contributed by atoms with Crippen LogP contribution in [0.25, 0.3) is 10.9 Å². The van der Waals surface area contributed by atoms with Crippen LogP contribution in [0.5, 0.6) is 5.75 Å². The lowest BCUT2D eigenvalue weighted by Crippen LogP contribution is -2.25. The summed E-state index contributed by atoms with van der Waals surface area (Å²) in [5, 5.41) is 13.5. The predicted octanol–water partition coefficient (Wildman–Crippen LogP) is 3.17. The number of rotatable bonds is 6. The predicted molar refractivity (Wildman–Crippen MR) is 91.4 cm³/mol. The van der Waals surface area contributed by atoms with Crippen molar-refractivity contribution in [3.63, 3.8) is 0 Å². The summed E-state index contributed by atoms with van der Waals surface area (Å²) < 4.78 is 0. The van der Waals surface area contributed by atoms with Gasteiger partial charge in [0.25, 0.3) is 0 Å². The zero-order valence-electron chi connectivity index (χ0n) is 12.9. The molecule has 1 aromatic heterocycles. The van der Waals surface area contributed by atoms with Crippen LogP contribution in [0.3, 0.4) is 0 Å². The number of phenols is 1. The van der Waals surface area contributed by atoms with Crippen LogP contribution >= 0.6 is 0 Å². The van der Waals surface area contributed by atoms with E-state index in [9.17, 15) is 9.90 Å². The minimum absolute atomic E-state index is 0.0753. The molecule has 0 saturated heterocycles. The van der Waals surface area contributed by atoms with Gasteiger partial charge in [-0.05, 0) is 36.1 Å². The molecule has 0 aliphatic carbocycles. The number of aryl methyl sites for hydroxylation is 1. The minimum atomic E-state index is 0.0753. The Hall–Kier alpha value is -2.75. The third kappa shape index (κ3) is 3.92. The van der Waals surface area contributed by atoms with E-state index in [1.54, 1.807) is 12.1 Å². The van der Waals surface area contributed by atoms with Gasteiger partial charge >= 0.3 is 0 Å². The molecule has 0 saturated carbocycles. The molecule has 4 heteroatoms. The second-order valence-corrected chi connectivity index (χ2v) is 5.63. The number of fused-ring (bicyclic) bond motifs is 1. The normalized spacial score (nSPS) is 10.8. The molecule has 0 atom stereocenters. The maximum absolute atomic E-state index is 11.9. The highest BCUT2D eigenvalue weighted by Gasteiger charge is 2.06. The average Bonchev–Trinajstić information content (AvgIpc) is 2.96. The number of hydrogen-bond donors (Lipinski definition) is 3. The van der Waals surface area contributed by atoms with E-state index in [0.29, 0.717) is 13.0 Å². The Morgan fingerprint density at radius 1 is 1.09 bits per heavy atom. The number of phenolic OH excluding ortho intramolecular Hbond substituents is 1. The van der Waals surface area contributed by atoms with Crippen molar-refractivity contribution in [2.24, 2.45) is 0 Å². The summed E-state index contributed by atoms with van der Waals surface area (Å²) in [6, 6.07) is 15.3. The number of hydrogen-bond acceptors (Lipinski definition) is 2. The Bertz CT molecular complexity index is 793. The van der Waals surface area contributed by atoms with E-state index in [1.807, 2.05) is 42.6 Å². The fourth-order valence-electron chi connectivity index (χ4n) is 2.71. The van der Waals surface area contributed by atoms with Crippen LogP contribution in [0.1, 0.15) is 17.5 Å². The highest BCUT2D eigenvalue weighted by molar-refractivity contribution is 5.84. The Labute approximate surface area is 135 Å². The molecule has 2 aromatic carbocycles. The SMILES string of the molecule is O=C(CCc1ccccc1)NCCc1c[nH]c2cc(O)ccc12. The molecule has 0 fully saturated rings. The monoisotopic (exact) mass is 308 g/mol. The Morgan fingerprint density at radius 2 is 1.91 bits per heavy atom. The Kier molecular flexibility index (Phi) is 4.62. The number of H-pyrrole nitrogens is 1. The zero-order valence-corrected chi connectivity index (χ0v) is 12.9. The maximum atomic E-state index is 11.9. The first kappa shape index (κ1) is 15.2. The molecule has 3 aromatic rings. The van der Waals surface area contributed by atoms with Gasteiger partial charge in [0.1, 0.15) is 5.75 Å². The highest BCUT2D eigenvalue weighted by Crippen LogP contribution is 2.22. The number of aromatic amines is 1. The molecule has 118 valence electrons. The Balaban J connectivity index is 1.47. The molecule has 0 bridgehead atoms. The lowest BCUT2D eigenvalue weighted by Gasteiger charge is -2.05. The first-order valence-electron chi connectivity index (χ1n) is 7.82. The first-order chi connectivity index (χ1) is 11.2. The zero-order chi connectivity index (χ0) is 16.1. The number of carbonyl (C=O) groups is 1. The van der Waals surface area contributed by atoms with Crippen LogP contribution in [-0.4, -0.2) is 22.5 Å². The number of nitrogens with one attached hydrogen (secondary N) is 2. The summed E-state index contributed by atoms with van der Waals surface area (Å²) >= 11 is 0. The van der Waals surface area contributed by atoms with Gasteiger partial charge < -0.3 is 15.4 Å². The van der Waals surface area contributed by atoms with E-state index in [1.165, 1.54) is 5.56 Å². The third-order valence-corrected chi connectivity index (χ3v) is 3.95. The number of amides is 1. The quantitative estimate of drug-likeness (QED) is 0.655. The second-order valence-electron chi connectivity index (χ2n) is 5.63. The third-order valence-electron chi connectivity index (χ3n) is 3.95. The Morgan fingerprint density at radius 3 is 2.74 bits per heavy atom. The van der Waals surface area contributed by atoms with E-state index < -0.39 is 0 Å². The van der Waals surface area contributed by atoms with E-state index in [2.05, 4.69) is 10.3 Å². The molecule has 0 spiro atoms. The van der Waals surface area contributed by atoms with Crippen molar-refractivity contribution < 1.29 is 9.90 Å². The summed E-state index contributed by atoms with van der Waals surface area (Å²) in [5.41, 5.74) is 3.23. The molecule has 1 amide bonds. The number of benzene rings is 2. The van der Waals surface area contributed by atoms with Crippen molar-refractivity contribution in [2.75, 3.05) is 6.54 Å². The van der Waals surface area contributed by atoms with Gasteiger partial charge in [0.05, 0.1) is 0 Å². The van der Waals surface area contributed by atoms with Crippen molar-refractivity contribution in [1.82, 2.24) is 10.3 Å². The molecule has 0 unspecified atom stereocenters. The molecule has 0 aliphatic rings. The van der Waals surface area contributed by atoms with Gasteiger partial charge in [-0.15, -0.1) is 0 Å². The van der Waals surface area contributed by atoms with Gasteiger partial charge in [0, 0.05) is 36.1 Å². The fourth-order valence-corrected chi connectivity index (χ4v) is 2.71. The summed E-state index contributed by atoms with van der Waals surface area (Å²) in [4.78, 5) is 15.0. The van der Waals surface area contributed by atoms with Crippen LogP contribution in [0.4, 0.5) is 0 Å². The summed E-state index contributed by atoms with van der Waals surface area (Å²) in [7, 11) is 0. The van der Waals surface area contributed by atoms with E-state index in [0.717, 1.165) is 29.3 Å². The molecule has 23 heavy (non-hydrogen) atoms. The van der Waals surface area contributed by atoms with Crippen LogP contribution in [0.15, 0.2) is 54.7 Å². The average molecular weight is 308 g/mol. The topological polar surface area (TPSA) is 65.1 Å². The summed E-state index contributed by atoms with van der Waals surface area (Å²) in [6.07, 6.45) is 3.97. The largest absolute Gasteiger partial charge is 0.508 e. The molecule has 4 nitrogen and oxygen atoms in total. The van der Waals surface area contributed by atoms with Gasteiger partial charge in [-0.1, -0.05) is 30.3 Å². The summed E-state index contributed by atoms with van der Waals surface area (Å²) in [5.74, 6) is 0.325. The van der Waals surface area contributed by atoms with Gasteiger partial charge in [0.2, 0.25) is 5.91 Å².